The number of aliphatic hydroxyl groups excluding tert-OH is 2. The number of rotatable bonds is 24. The number of phenols is 2. The second-order valence-electron chi connectivity index (χ2n) is 35.0. The molecule has 0 radical (unpaired) electrons. The molecule has 3 aliphatic rings. The van der Waals surface area contributed by atoms with Crippen LogP contribution in [0.25, 0.3) is 10.9 Å². The van der Waals surface area contributed by atoms with E-state index in [2.05, 4.69) is 52.8 Å². The number of carbonyl (C=O) groups excluding carboxylic acids is 15. The number of phenolic OH excluding ortho intramolecular Hbond substituents is 2. The van der Waals surface area contributed by atoms with Crippen LogP contribution in [-0.2, 0) is 115 Å². The molecule has 740 valence electrons. The number of primary amides is 1. The van der Waals surface area contributed by atoms with Gasteiger partial charge in [0.1, 0.15) is 90.0 Å². The minimum absolute atomic E-state index is 0.0405. The van der Waals surface area contributed by atoms with Gasteiger partial charge in [0.2, 0.25) is 88.6 Å². The largest absolute Gasteiger partial charge is 0.508 e. The van der Waals surface area contributed by atoms with Gasteiger partial charge in [-0.15, -0.1) is 11.8 Å². The number of aromatic amines is 1. The van der Waals surface area contributed by atoms with Gasteiger partial charge in [0.25, 0.3) is 0 Å². The van der Waals surface area contributed by atoms with E-state index < -0.39 is 284 Å². The number of amides is 15. The number of carboxylic acids is 1. The van der Waals surface area contributed by atoms with Gasteiger partial charge in [-0.05, 0) is 114 Å². The SMILES string of the molecule is CCCC[C@H]1C(=O)N2C[C@H](O)C[C@@H]2C(=O)N[C@@H](CC(=O)O)C(=O)N[C@@H](C(C)C)C(=O)N(C)C(Cc2ccccc2)C(=O)N[C@@H](Cc2ccc(O)cc2)C(=O)N2C[C@H](O)C[C@H]2C(=O)N[C@@H](Cc2c[nH]c3ccccc23)C(=O)N[C@@H](Cc2ccc(O)cc2)C(=O)N[C@@H](CCN)C(=O)N[C@H](C(=O)NCC(N)=O)CSCC(=O)N[C@@H](Cc2cc(F)c(F)c(F)c2)C(=O)N(C)[C@@H](CCc2ccccc2)C(=O)N1C. The van der Waals surface area contributed by atoms with E-state index >= 15 is 51.9 Å². The van der Waals surface area contributed by atoms with E-state index in [0.29, 0.717) is 69.0 Å². The van der Waals surface area contributed by atoms with Gasteiger partial charge in [0, 0.05) is 102 Å². The molecule has 1 unspecified atom stereocenters. The predicted molar refractivity (Wildman–Crippen MR) is 498 cm³/mol. The number of thioether (sulfide) groups is 1. The third-order valence-electron chi connectivity index (χ3n) is 24.5. The van der Waals surface area contributed by atoms with Crippen molar-refractivity contribution in [2.75, 3.05) is 58.8 Å². The van der Waals surface area contributed by atoms with E-state index in [1.165, 1.54) is 83.5 Å². The lowest BCUT2D eigenvalue weighted by Gasteiger charge is -2.38. The smallest absolute Gasteiger partial charge is 0.305 e. The maximum Gasteiger partial charge on any atom is 0.305 e. The molecular weight excluding hydrogens is 1820 g/mol. The number of H-pyrrole nitrogens is 1. The summed E-state index contributed by atoms with van der Waals surface area (Å²) in [7, 11) is 3.63. The monoisotopic (exact) mass is 1930 g/mol. The molecule has 10 rings (SSSR count). The van der Waals surface area contributed by atoms with E-state index in [-0.39, 0.29) is 63.0 Å². The second kappa shape index (κ2) is 49.7. The number of benzene rings is 6. The maximum absolute atomic E-state index is 15.8. The quantitative estimate of drug-likeness (QED) is 0.0365. The number of unbranched alkanes of at least 4 members (excludes halogenated alkanes) is 1. The highest BCUT2D eigenvalue weighted by atomic mass is 32.2. The van der Waals surface area contributed by atoms with Gasteiger partial charge in [-0.25, -0.2) is 13.2 Å². The molecule has 3 fully saturated rings. The third-order valence-corrected chi connectivity index (χ3v) is 25.5. The number of nitrogens with one attached hydrogen (secondary N) is 10. The van der Waals surface area contributed by atoms with Crippen molar-refractivity contribution in [1.29, 1.82) is 0 Å². The van der Waals surface area contributed by atoms with Crippen molar-refractivity contribution in [2.24, 2.45) is 17.4 Å². The first-order valence-electron chi connectivity index (χ1n) is 45.3. The number of fused-ring (bicyclic) bond motifs is 3. The number of aromatic hydroxyl groups is 2. The van der Waals surface area contributed by atoms with Crippen molar-refractivity contribution in [3.05, 3.63) is 203 Å². The normalized spacial score (nSPS) is 24.2. The molecule has 0 saturated carbocycles. The lowest BCUT2D eigenvalue weighted by atomic mass is 9.98. The molecule has 19 N–H and O–H groups in total. The Morgan fingerprint density at radius 3 is 1.55 bits per heavy atom. The highest BCUT2D eigenvalue weighted by Crippen LogP contribution is 2.30. The van der Waals surface area contributed by atoms with Crippen molar-refractivity contribution >= 4 is 117 Å². The first kappa shape index (κ1) is 106. The number of nitrogens with two attached hydrogens (primary N) is 2. The standard InChI is InChI=1S/C96H118F3N17O21S/c1-7-8-23-74-95(136)116-49-62(120)44-78(116)91(132)108-70(45-81(123)124)88(129)111-83(52(2)3)96(137)114(6)76(41-54-19-13-10-14-20-54)89(130)109-72(39-56-26-31-60(118)32-27-56)93(134)115-48-61(119)43-77(115)90(131)107-69(42-58-46-102-66-22-16-15-21-63(58)66)87(128)106-68(38-55-24-29-59(117)30-25-55)86(127)105-67(34-35-100)85(126)110-73(84(125)103-47-79(101)121)50-138-51-80(122)104-71(40-57-36-64(97)82(99)65(98)37-57)92(133)112(4)75(94(135)113(74)5)33-28-53-17-11-9-12-18-53/h9-22,24-27,29-32,36-37,46,52,61-62,67-78,83,102,117-120H,7-8,23,28,33-35,38-45,47-51,100H2,1-6H3,(H2,101,121)(H,103,125)(H,104,122)(H,105,127)(H,106,128)(H,107,131)(H,108,132)(H,109,130)(H,110,126)(H,111,129)(H,123,124)/t61-,62-,67+,68+,69+,70+,71+,72+,73+,74+,75+,76?,77+,78-,83+/m1/s1. The van der Waals surface area contributed by atoms with Gasteiger partial charge < -0.3 is 114 Å². The van der Waals surface area contributed by atoms with Crippen LogP contribution in [-0.4, -0.2) is 299 Å². The summed E-state index contributed by atoms with van der Waals surface area (Å²) < 4.78 is 45.2. The van der Waals surface area contributed by atoms with Crippen molar-refractivity contribution in [2.45, 2.75) is 201 Å². The van der Waals surface area contributed by atoms with Crippen molar-refractivity contribution in [3.63, 3.8) is 0 Å². The van der Waals surface area contributed by atoms with Crippen LogP contribution in [0.1, 0.15) is 106 Å². The number of carbonyl (C=O) groups is 16. The van der Waals surface area contributed by atoms with Crippen LogP contribution in [0.4, 0.5) is 13.2 Å². The van der Waals surface area contributed by atoms with Crippen LogP contribution < -0.4 is 59.3 Å². The zero-order valence-electron chi connectivity index (χ0n) is 77.0. The Morgan fingerprint density at radius 1 is 0.500 bits per heavy atom. The van der Waals surface area contributed by atoms with Crippen LogP contribution in [0, 0.1) is 23.4 Å². The first-order chi connectivity index (χ1) is 65.7. The average molecular weight is 1940 g/mol. The second-order valence-corrected chi connectivity index (χ2v) is 36.0. The Kier molecular flexibility index (Phi) is 38.2. The Bertz CT molecular complexity index is 5510. The van der Waals surface area contributed by atoms with Crippen LogP contribution in [0.2, 0.25) is 0 Å². The lowest BCUT2D eigenvalue weighted by molar-refractivity contribution is -0.152. The Balaban J connectivity index is 1.06. The topological polar surface area (TPSA) is 567 Å². The predicted octanol–water partition coefficient (Wildman–Crippen LogP) is 0.443. The van der Waals surface area contributed by atoms with E-state index in [9.17, 15) is 63.5 Å². The van der Waals surface area contributed by atoms with Gasteiger partial charge in [-0.1, -0.05) is 137 Å². The lowest BCUT2D eigenvalue weighted by Crippen LogP contribution is -2.62. The van der Waals surface area contributed by atoms with Crippen LogP contribution in [0.5, 0.6) is 11.5 Å². The fraction of sp³-hybridized carbons (Fsp3) is 0.438. The molecule has 6 aromatic carbocycles. The van der Waals surface area contributed by atoms with Crippen LogP contribution >= 0.6 is 11.8 Å². The summed E-state index contributed by atoms with van der Waals surface area (Å²) in [5.41, 5.74) is 13.9. The summed E-state index contributed by atoms with van der Waals surface area (Å²) in [6.07, 6.45) is -5.86. The number of nitrogens with zero attached hydrogens (tertiary/aromatic N) is 5. The number of carboxylic acid groups (broad SMARTS) is 1. The Hall–Kier alpha value is -14.0. The summed E-state index contributed by atoms with van der Waals surface area (Å²) in [5, 5.41) is 78.0. The number of aliphatic hydroxyl groups is 2. The van der Waals surface area contributed by atoms with E-state index in [0.717, 1.165) is 24.5 Å². The molecule has 0 aliphatic carbocycles. The van der Waals surface area contributed by atoms with E-state index in [1.54, 1.807) is 98.0 Å². The zero-order valence-corrected chi connectivity index (χ0v) is 77.8. The summed E-state index contributed by atoms with van der Waals surface area (Å²) in [4.78, 5) is 247. The number of aryl methyl sites for hydroxylation is 1. The maximum atomic E-state index is 15.8. The van der Waals surface area contributed by atoms with Gasteiger partial charge in [-0.2, -0.15) is 0 Å². The molecule has 1 aromatic heterocycles. The highest BCUT2D eigenvalue weighted by molar-refractivity contribution is 8.00. The minimum Gasteiger partial charge on any atom is -0.508 e. The number of para-hydroxylation sites is 1. The number of hydrogen-bond donors (Lipinski definition) is 17. The molecule has 15 amide bonds. The average Bonchev–Trinajstić information content (AvgIpc) is 1.63. The molecule has 4 heterocycles. The summed E-state index contributed by atoms with van der Waals surface area (Å²) in [5.74, 6) is -25.4. The summed E-state index contributed by atoms with van der Waals surface area (Å²) >= 11 is 0.628. The molecular formula is C96H118F3N17O21S. The molecule has 3 aliphatic heterocycles. The Labute approximate surface area is 797 Å². The molecule has 0 spiro atoms. The van der Waals surface area contributed by atoms with Gasteiger partial charge in [0.05, 0.1) is 30.9 Å². The number of halogens is 3. The summed E-state index contributed by atoms with van der Waals surface area (Å²) in [6, 6.07) is 13.3. The first-order valence-corrected chi connectivity index (χ1v) is 46.4. The van der Waals surface area contributed by atoms with Gasteiger partial charge in [0.15, 0.2) is 17.5 Å². The number of hydrogen-bond acceptors (Lipinski definition) is 22. The molecule has 3 saturated heterocycles. The van der Waals surface area contributed by atoms with Crippen molar-refractivity contribution in [3.8, 4) is 11.5 Å². The highest BCUT2D eigenvalue weighted by Gasteiger charge is 2.48. The number of aliphatic carboxylic acids is 1. The number of aromatic nitrogens is 1. The van der Waals surface area contributed by atoms with E-state index in [1.807, 2.05) is 0 Å². The molecule has 138 heavy (non-hydrogen) atoms. The molecule has 7 aromatic rings. The molecule has 42 heteroatoms. The third kappa shape index (κ3) is 28.8. The molecule has 15 atom stereocenters. The van der Waals surface area contributed by atoms with Crippen molar-refractivity contribution in [1.82, 2.24) is 77.3 Å². The van der Waals surface area contributed by atoms with Crippen LogP contribution in [0.3, 0.4) is 0 Å². The molecule has 38 nitrogen and oxygen atoms in total. The molecule has 0 bridgehead atoms. The van der Waals surface area contributed by atoms with Crippen molar-refractivity contribution < 1.29 is 115 Å². The Morgan fingerprint density at radius 2 is 0.978 bits per heavy atom. The fourth-order valence-electron chi connectivity index (χ4n) is 16.9. The zero-order chi connectivity index (χ0) is 100. The minimum atomic E-state index is -2.06. The van der Waals surface area contributed by atoms with E-state index in [4.69, 9.17) is 11.5 Å². The summed E-state index contributed by atoms with van der Waals surface area (Å²) in [6.45, 7) is 2.51. The van der Waals surface area contributed by atoms with Gasteiger partial charge >= 0.3 is 5.97 Å². The fourth-order valence-corrected chi connectivity index (χ4v) is 17.8. The number of likely N-dealkylation sites (N-methyl/N-ethyl adjacent to an activating group) is 3. The van der Waals surface area contributed by atoms with Crippen LogP contribution in [0.15, 0.2) is 152 Å². The van der Waals surface area contributed by atoms with Gasteiger partial charge in [-0.3, -0.25) is 76.7 Å².